The van der Waals surface area contributed by atoms with E-state index in [4.69, 9.17) is 29.8 Å². The molecule has 218 valence electrons. The summed E-state index contributed by atoms with van der Waals surface area (Å²) in [6, 6.07) is 28.4. The second-order valence-electron chi connectivity index (χ2n) is 11.6. The monoisotopic (exact) mass is 608 g/mol. The van der Waals surface area contributed by atoms with Crippen LogP contribution in [-0.2, 0) is 24.3 Å². The zero-order valence-electron chi connectivity index (χ0n) is 24.0. The number of rotatable bonds is 7. The Bertz CT molecular complexity index is 1640. The molecule has 2 aliphatic heterocycles. The number of likely N-dealkylation sites (tertiary alicyclic amines) is 1. The highest BCUT2D eigenvalue weighted by Gasteiger charge is 2.28. The van der Waals surface area contributed by atoms with Crippen molar-refractivity contribution >= 4 is 40.5 Å². The predicted octanol–water partition coefficient (Wildman–Crippen LogP) is 8.59. The van der Waals surface area contributed by atoms with Crippen LogP contribution >= 0.6 is 23.2 Å². The number of carbonyl (C=O) groups excluding carboxylic acids is 1. The lowest BCUT2D eigenvalue weighted by Crippen LogP contribution is -2.38. The van der Waals surface area contributed by atoms with Gasteiger partial charge < -0.3 is 5.32 Å². The largest absolute Gasteiger partial charge is 0.325 e. The minimum absolute atomic E-state index is 0.0786. The van der Waals surface area contributed by atoms with Crippen molar-refractivity contribution in [3.63, 3.8) is 0 Å². The molecule has 0 atom stereocenters. The number of amides is 1. The van der Waals surface area contributed by atoms with Gasteiger partial charge in [0.05, 0.1) is 13.1 Å². The zero-order chi connectivity index (χ0) is 29.8. The number of fused-ring (bicyclic) bond motifs is 1. The lowest BCUT2D eigenvalue weighted by Gasteiger charge is -2.36. The van der Waals surface area contributed by atoms with Crippen LogP contribution in [-0.4, -0.2) is 41.9 Å². The van der Waals surface area contributed by atoms with E-state index in [1.807, 2.05) is 18.2 Å². The smallest absolute Gasteiger partial charge is 0.238 e. The Kier molecular flexibility index (Phi) is 9.11. The van der Waals surface area contributed by atoms with Gasteiger partial charge in [0.25, 0.3) is 0 Å². The summed E-state index contributed by atoms with van der Waals surface area (Å²) in [5, 5.41) is 3.94. The Morgan fingerprint density at radius 1 is 0.860 bits per heavy atom. The van der Waals surface area contributed by atoms with Gasteiger partial charge >= 0.3 is 0 Å². The molecule has 0 radical (unpaired) electrons. The summed E-state index contributed by atoms with van der Waals surface area (Å²) in [6.45, 7) is 12.4. The van der Waals surface area contributed by atoms with E-state index in [9.17, 15) is 4.79 Å². The molecule has 0 spiro atoms. The molecule has 1 N–H and O–H groups in total. The van der Waals surface area contributed by atoms with Gasteiger partial charge in [-0.1, -0.05) is 83.9 Å². The molecule has 7 heteroatoms. The third-order valence-corrected chi connectivity index (χ3v) is 8.99. The standard InChI is InChI=1S/C36H34Cl2N4O/c1-39-32-9-5-8-27(17-32)29-16-28-12-15-42(24-36(43)40-33-20-30(37)19-31(38)21-33)23-35(28)34(18-29)26-10-13-41(14-11-26)22-25-6-3-2-4-7-25/h2-9,16-21,26H,10-15,22-24H2,(H,40,43). The van der Waals surface area contributed by atoms with E-state index in [0.717, 1.165) is 57.5 Å². The SMILES string of the molecule is [C-]#[N+]c1cccc(-c2cc3c(c(C4CCN(Cc5ccccc5)CC4)c2)CN(CC(=O)Nc2cc(Cl)cc(Cl)c2)CC3)c1. The highest BCUT2D eigenvalue weighted by molar-refractivity contribution is 6.35. The number of nitrogens with one attached hydrogen (secondary N) is 1. The van der Waals surface area contributed by atoms with Crippen molar-refractivity contribution in [2.45, 2.75) is 38.3 Å². The lowest BCUT2D eigenvalue weighted by atomic mass is 9.81. The fraction of sp³-hybridized carbons (Fsp3) is 0.278. The maximum Gasteiger partial charge on any atom is 0.238 e. The summed E-state index contributed by atoms with van der Waals surface area (Å²) in [6.07, 6.45) is 3.07. The molecular weight excluding hydrogens is 575 g/mol. The maximum atomic E-state index is 13.0. The number of benzene rings is 4. The fourth-order valence-corrected chi connectivity index (χ4v) is 6.97. The normalized spacial score (nSPS) is 15.9. The van der Waals surface area contributed by atoms with Gasteiger partial charge in [0.2, 0.25) is 5.91 Å². The summed E-state index contributed by atoms with van der Waals surface area (Å²) in [5.74, 6) is 0.372. The van der Waals surface area contributed by atoms with Gasteiger partial charge in [-0.25, -0.2) is 4.85 Å². The average Bonchev–Trinajstić information content (AvgIpc) is 3.01. The first-order valence-electron chi connectivity index (χ1n) is 14.8. The van der Waals surface area contributed by atoms with Crippen LogP contribution in [0.1, 0.15) is 41.0 Å². The zero-order valence-corrected chi connectivity index (χ0v) is 25.5. The van der Waals surface area contributed by atoms with E-state index in [2.05, 4.69) is 68.5 Å². The van der Waals surface area contributed by atoms with E-state index < -0.39 is 0 Å². The minimum Gasteiger partial charge on any atom is -0.325 e. The molecule has 2 aliphatic rings. The van der Waals surface area contributed by atoms with Crippen LogP contribution in [0.15, 0.2) is 84.9 Å². The van der Waals surface area contributed by atoms with Gasteiger partial charge in [0.15, 0.2) is 5.69 Å². The Balaban J connectivity index is 1.23. The van der Waals surface area contributed by atoms with Crippen molar-refractivity contribution in [3.8, 4) is 11.1 Å². The van der Waals surface area contributed by atoms with Crippen molar-refractivity contribution in [1.82, 2.24) is 9.80 Å². The Morgan fingerprint density at radius 2 is 1.63 bits per heavy atom. The van der Waals surface area contributed by atoms with Crippen LogP contribution in [0.25, 0.3) is 16.0 Å². The molecule has 43 heavy (non-hydrogen) atoms. The van der Waals surface area contributed by atoms with Gasteiger partial charge in [-0.15, -0.1) is 0 Å². The van der Waals surface area contributed by atoms with Crippen LogP contribution in [0, 0.1) is 6.57 Å². The molecule has 0 aliphatic carbocycles. The number of hydrogen-bond acceptors (Lipinski definition) is 3. The van der Waals surface area contributed by atoms with Gasteiger partial charge in [-0.3, -0.25) is 14.6 Å². The summed E-state index contributed by atoms with van der Waals surface area (Å²) in [4.78, 5) is 21.5. The van der Waals surface area contributed by atoms with Crippen LogP contribution in [0.4, 0.5) is 11.4 Å². The fourth-order valence-electron chi connectivity index (χ4n) is 6.45. The van der Waals surface area contributed by atoms with E-state index in [1.54, 1.807) is 18.2 Å². The molecule has 1 amide bonds. The highest BCUT2D eigenvalue weighted by Crippen LogP contribution is 2.38. The molecule has 1 fully saturated rings. The number of anilines is 1. The quantitative estimate of drug-likeness (QED) is 0.214. The van der Waals surface area contributed by atoms with Crippen LogP contribution in [0.2, 0.25) is 10.0 Å². The topological polar surface area (TPSA) is 39.9 Å². The van der Waals surface area contributed by atoms with Gasteiger partial charge in [0, 0.05) is 35.4 Å². The molecule has 4 aromatic rings. The summed E-state index contributed by atoms with van der Waals surface area (Å²) in [7, 11) is 0. The third-order valence-electron chi connectivity index (χ3n) is 8.55. The number of halogens is 2. The third kappa shape index (κ3) is 7.29. The molecule has 6 rings (SSSR count). The Morgan fingerprint density at radius 3 is 2.37 bits per heavy atom. The van der Waals surface area contributed by atoms with Crippen LogP contribution in [0.3, 0.4) is 0 Å². The molecule has 5 nitrogen and oxygen atoms in total. The first-order chi connectivity index (χ1) is 20.9. The second-order valence-corrected chi connectivity index (χ2v) is 12.4. The van der Waals surface area contributed by atoms with E-state index in [-0.39, 0.29) is 5.91 Å². The summed E-state index contributed by atoms with van der Waals surface area (Å²) in [5.41, 5.74) is 8.98. The van der Waals surface area contributed by atoms with E-state index >= 15 is 0 Å². The first-order valence-corrected chi connectivity index (χ1v) is 15.6. The molecule has 1 saturated heterocycles. The lowest BCUT2D eigenvalue weighted by molar-refractivity contribution is -0.117. The Labute approximate surface area is 263 Å². The number of carbonyl (C=O) groups is 1. The summed E-state index contributed by atoms with van der Waals surface area (Å²) < 4.78 is 0. The molecular formula is C36H34Cl2N4O. The molecule has 0 saturated carbocycles. The van der Waals surface area contributed by atoms with E-state index in [1.165, 1.54) is 27.8 Å². The maximum absolute atomic E-state index is 13.0. The van der Waals surface area contributed by atoms with Gasteiger partial charge in [-0.2, -0.15) is 0 Å². The van der Waals surface area contributed by atoms with E-state index in [0.29, 0.717) is 33.9 Å². The van der Waals surface area contributed by atoms with Gasteiger partial charge in [-0.05, 0) is 95.9 Å². The van der Waals surface area contributed by atoms with Crippen molar-refractivity contribution in [2.24, 2.45) is 0 Å². The molecule has 0 bridgehead atoms. The number of nitrogens with zero attached hydrogens (tertiary/aromatic N) is 3. The van der Waals surface area contributed by atoms with Crippen LogP contribution in [0.5, 0.6) is 0 Å². The van der Waals surface area contributed by atoms with Crippen molar-refractivity contribution in [1.29, 1.82) is 0 Å². The van der Waals surface area contributed by atoms with Crippen molar-refractivity contribution in [2.75, 3.05) is 31.5 Å². The first kappa shape index (κ1) is 29.4. The Hall–Kier alpha value is -3.66. The van der Waals surface area contributed by atoms with Gasteiger partial charge in [0.1, 0.15) is 0 Å². The average molecular weight is 610 g/mol. The summed E-state index contributed by atoms with van der Waals surface area (Å²) >= 11 is 12.3. The highest BCUT2D eigenvalue weighted by atomic mass is 35.5. The minimum atomic E-state index is -0.0786. The molecule has 4 aromatic carbocycles. The number of hydrogen-bond donors (Lipinski definition) is 1. The van der Waals surface area contributed by atoms with Crippen molar-refractivity contribution < 1.29 is 4.79 Å². The number of piperidine rings is 1. The molecule has 2 heterocycles. The molecule has 0 aromatic heterocycles. The predicted molar refractivity (Wildman–Crippen MR) is 176 cm³/mol. The second kappa shape index (κ2) is 13.3. The van der Waals surface area contributed by atoms with Crippen LogP contribution < -0.4 is 5.32 Å². The van der Waals surface area contributed by atoms with Crippen molar-refractivity contribution in [3.05, 3.63) is 129 Å². The molecule has 0 unspecified atom stereocenters.